The van der Waals surface area contributed by atoms with E-state index in [1.807, 2.05) is 42.5 Å². The molecule has 6 heteroatoms. The minimum atomic E-state index is -0.0285. The maximum Gasteiger partial charge on any atom is 0.121 e. The van der Waals surface area contributed by atoms with E-state index in [4.69, 9.17) is 26.7 Å². The summed E-state index contributed by atoms with van der Waals surface area (Å²) in [5.41, 5.74) is 5.45. The van der Waals surface area contributed by atoms with Gasteiger partial charge in [-0.3, -0.25) is 4.90 Å². The molecule has 34 heavy (non-hydrogen) atoms. The SMILES string of the molecule is Cc1ccc([C@@H]2CN(CCc3ccc(C#N)cc3)CCN2c2ccc(OCCO)cc2Cl)cc1. The molecule has 0 aliphatic carbocycles. The van der Waals surface area contributed by atoms with Crippen LogP contribution in [0.25, 0.3) is 0 Å². The second kappa shape index (κ2) is 11.4. The van der Waals surface area contributed by atoms with Gasteiger partial charge < -0.3 is 14.7 Å². The van der Waals surface area contributed by atoms with Gasteiger partial charge >= 0.3 is 0 Å². The first-order valence-electron chi connectivity index (χ1n) is 11.6. The summed E-state index contributed by atoms with van der Waals surface area (Å²) in [5, 5.41) is 18.7. The van der Waals surface area contributed by atoms with E-state index >= 15 is 0 Å². The molecule has 5 nitrogen and oxygen atoms in total. The van der Waals surface area contributed by atoms with Gasteiger partial charge in [0, 0.05) is 32.2 Å². The number of ether oxygens (including phenoxy) is 1. The van der Waals surface area contributed by atoms with Crippen molar-refractivity contribution in [3.8, 4) is 11.8 Å². The Bertz CT molecular complexity index is 1130. The van der Waals surface area contributed by atoms with E-state index in [9.17, 15) is 0 Å². The van der Waals surface area contributed by atoms with E-state index in [1.54, 1.807) is 0 Å². The highest BCUT2D eigenvalue weighted by atomic mass is 35.5. The Morgan fingerprint density at radius 1 is 1.06 bits per heavy atom. The van der Waals surface area contributed by atoms with Crippen LogP contribution in [0, 0.1) is 18.3 Å². The van der Waals surface area contributed by atoms with E-state index in [-0.39, 0.29) is 19.3 Å². The molecule has 1 aliphatic rings. The molecule has 0 aromatic heterocycles. The smallest absolute Gasteiger partial charge is 0.121 e. The molecule has 0 unspecified atom stereocenters. The first-order chi connectivity index (χ1) is 16.6. The summed E-state index contributed by atoms with van der Waals surface area (Å²) in [7, 11) is 0. The first kappa shape index (κ1) is 24.1. The average Bonchev–Trinajstić information content (AvgIpc) is 2.87. The molecule has 1 fully saturated rings. The number of nitriles is 1. The molecule has 0 saturated carbocycles. The minimum Gasteiger partial charge on any atom is -0.491 e. The van der Waals surface area contributed by atoms with Crippen molar-refractivity contribution in [2.24, 2.45) is 0 Å². The van der Waals surface area contributed by atoms with Crippen LogP contribution < -0.4 is 9.64 Å². The third kappa shape index (κ3) is 5.90. The quantitative estimate of drug-likeness (QED) is 0.497. The summed E-state index contributed by atoms with van der Waals surface area (Å²) >= 11 is 6.70. The van der Waals surface area contributed by atoms with E-state index < -0.39 is 0 Å². The van der Waals surface area contributed by atoms with Crippen LogP contribution in [-0.4, -0.2) is 49.4 Å². The molecule has 0 radical (unpaired) electrons. The topological polar surface area (TPSA) is 59.7 Å². The summed E-state index contributed by atoms with van der Waals surface area (Å²) < 4.78 is 5.53. The van der Waals surface area contributed by atoms with Crippen molar-refractivity contribution in [1.82, 2.24) is 4.90 Å². The van der Waals surface area contributed by atoms with Crippen molar-refractivity contribution >= 4 is 17.3 Å². The number of aliphatic hydroxyl groups excluding tert-OH is 1. The van der Waals surface area contributed by atoms with E-state index in [0.29, 0.717) is 16.3 Å². The lowest BCUT2D eigenvalue weighted by molar-refractivity contribution is 0.201. The van der Waals surface area contributed by atoms with Crippen LogP contribution in [0.15, 0.2) is 66.7 Å². The third-order valence-corrected chi connectivity index (χ3v) is 6.62. The number of nitrogens with zero attached hydrogens (tertiary/aromatic N) is 3. The Labute approximate surface area is 206 Å². The second-order valence-electron chi connectivity index (χ2n) is 8.66. The summed E-state index contributed by atoms with van der Waals surface area (Å²) in [5.74, 6) is 0.663. The molecular formula is C28H30ClN3O2. The van der Waals surface area contributed by atoms with Crippen molar-refractivity contribution in [2.45, 2.75) is 19.4 Å². The van der Waals surface area contributed by atoms with Crippen LogP contribution in [0.4, 0.5) is 5.69 Å². The van der Waals surface area contributed by atoms with Crippen molar-refractivity contribution in [2.75, 3.05) is 44.3 Å². The number of hydrogen-bond donors (Lipinski definition) is 1. The number of halogens is 1. The van der Waals surface area contributed by atoms with Crippen molar-refractivity contribution in [3.63, 3.8) is 0 Å². The van der Waals surface area contributed by atoms with Crippen molar-refractivity contribution in [1.29, 1.82) is 5.26 Å². The van der Waals surface area contributed by atoms with Crippen LogP contribution in [0.3, 0.4) is 0 Å². The maximum atomic E-state index is 9.02. The van der Waals surface area contributed by atoms with Gasteiger partial charge in [0.05, 0.1) is 35.0 Å². The molecular weight excluding hydrogens is 446 g/mol. The highest BCUT2D eigenvalue weighted by Crippen LogP contribution is 2.37. The Kier molecular flexibility index (Phi) is 8.08. The molecule has 1 atom stereocenters. The Hall–Kier alpha value is -3.04. The van der Waals surface area contributed by atoms with Crippen molar-refractivity contribution in [3.05, 3.63) is 94.0 Å². The zero-order chi connectivity index (χ0) is 23.9. The third-order valence-electron chi connectivity index (χ3n) is 6.31. The van der Waals surface area contributed by atoms with E-state index in [0.717, 1.165) is 38.3 Å². The molecule has 0 amide bonds. The van der Waals surface area contributed by atoms with E-state index in [1.165, 1.54) is 16.7 Å². The van der Waals surface area contributed by atoms with Gasteiger partial charge in [-0.25, -0.2) is 0 Å². The largest absolute Gasteiger partial charge is 0.491 e. The fraction of sp³-hybridized carbons (Fsp3) is 0.321. The lowest BCUT2D eigenvalue weighted by atomic mass is 9.99. The van der Waals surface area contributed by atoms with Gasteiger partial charge in [0.15, 0.2) is 0 Å². The van der Waals surface area contributed by atoms with E-state index in [2.05, 4.69) is 47.1 Å². The van der Waals surface area contributed by atoms with Gasteiger partial charge in [-0.15, -0.1) is 0 Å². The molecule has 3 aromatic rings. The molecule has 1 N–H and O–H groups in total. The first-order valence-corrected chi connectivity index (χ1v) is 12.0. The van der Waals surface area contributed by atoms with Gasteiger partial charge in [-0.1, -0.05) is 53.6 Å². The lowest BCUT2D eigenvalue weighted by Crippen LogP contribution is -2.49. The second-order valence-corrected chi connectivity index (χ2v) is 9.07. The highest BCUT2D eigenvalue weighted by molar-refractivity contribution is 6.33. The standard InChI is InChI=1S/C28H30ClN3O2/c1-21-2-8-24(9-3-21)28-20-31(13-12-22-4-6-23(19-30)7-5-22)14-15-32(28)27-11-10-25(18-26(27)29)34-17-16-33/h2-11,18,28,33H,12-17,20H2,1H3/t28-/m0/s1. The van der Waals surface area contributed by atoms with Crippen LogP contribution in [0.2, 0.25) is 5.02 Å². The molecule has 176 valence electrons. The van der Waals surface area contributed by atoms with Crippen LogP contribution in [0.1, 0.15) is 28.3 Å². The van der Waals surface area contributed by atoms with Crippen LogP contribution >= 0.6 is 11.6 Å². The molecule has 0 spiro atoms. The lowest BCUT2D eigenvalue weighted by Gasteiger charge is -2.43. The number of benzene rings is 3. The predicted molar refractivity (Wildman–Crippen MR) is 137 cm³/mol. The van der Waals surface area contributed by atoms with Gasteiger partial charge in [0.2, 0.25) is 0 Å². The summed E-state index contributed by atoms with van der Waals surface area (Å²) in [4.78, 5) is 4.90. The maximum absolute atomic E-state index is 9.02. The molecule has 0 bridgehead atoms. The fourth-order valence-electron chi connectivity index (χ4n) is 4.41. The predicted octanol–water partition coefficient (Wildman–Crippen LogP) is 5.00. The number of rotatable bonds is 8. The number of piperazine rings is 1. The van der Waals surface area contributed by atoms with Crippen molar-refractivity contribution < 1.29 is 9.84 Å². The molecule has 3 aromatic carbocycles. The Morgan fingerprint density at radius 3 is 2.50 bits per heavy atom. The highest BCUT2D eigenvalue weighted by Gasteiger charge is 2.29. The Morgan fingerprint density at radius 2 is 1.82 bits per heavy atom. The van der Waals surface area contributed by atoms with Gasteiger partial charge in [0.1, 0.15) is 12.4 Å². The molecule has 1 saturated heterocycles. The van der Waals surface area contributed by atoms with Gasteiger partial charge in [-0.2, -0.15) is 5.26 Å². The Balaban J connectivity index is 1.52. The molecule has 1 heterocycles. The summed E-state index contributed by atoms with van der Waals surface area (Å²) in [6.07, 6.45) is 0.948. The monoisotopic (exact) mass is 475 g/mol. The summed E-state index contributed by atoms with van der Waals surface area (Å²) in [6, 6.07) is 24.7. The average molecular weight is 476 g/mol. The van der Waals surface area contributed by atoms with Gasteiger partial charge in [-0.05, 0) is 48.7 Å². The number of hydrogen-bond acceptors (Lipinski definition) is 5. The zero-order valence-electron chi connectivity index (χ0n) is 19.5. The number of aliphatic hydroxyl groups is 1. The normalized spacial score (nSPS) is 16.3. The minimum absolute atomic E-state index is 0.0285. The number of aryl methyl sites for hydroxylation is 1. The van der Waals surface area contributed by atoms with Gasteiger partial charge in [0.25, 0.3) is 0 Å². The van der Waals surface area contributed by atoms with Crippen LogP contribution in [0.5, 0.6) is 5.75 Å². The molecule has 4 rings (SSSR count). The van der Waals surface area contributed by atoms with Crippen LogP contribution in [-0.2, 0) is 6.42 Å². The molecule has 1 aliphatic heterocycles. The fourth-order valence-corrected chi connectivity index (χ4v) is 4.69. The summed E-state index contributed by atoms with van der Waals surface area (Å²) in [6.45, 7) is 6.00. The zero-order valence-corrected chi connectivity index (χ0v) is 20.2. The number of anilines is 1.